The highest BCUT2D eigenvalue weighted by Gasteiger charge is 2.21. The third-order valence-corrected chi connectivity index (χ3v) is 5.91. The van der Waals surface area contributed by atoms with Gasteiger partial charge in [0.25, 0.3) is 5.91 Å². The Kier molecular flexibility index (Phi) is 7.92. The molecule has 3 N–H and O–H groups in total. The summed E-state index contributed by atoms with van der Waals surface area (Å²) < 4.78 is 27.4. The number of hydrogen-bond acceptors (Lipinski definition) is 5. The molecule has 2 amide bonds. The maximum absolute atomic E-state index is 12.4. The molecule has 2 rings (SSSR count). The standard InChI is InChI=1S/C23H29N3O5S/c1-15(21(28)26-23(3,4)5)25-22(29)19-8-6-17(7-9-19)14-24-32(30,31)20-12-10-18(11-13-20)16(2)27/h6-13,15,24H,14H2,1-5H3,(H,25,29)(H,26,28). The van der Waals surface area contributed by atoms with Crippen LogP contribution in [-0.4, -0.2) is 37.6 Å². The Labute approximate surface area is 188 Å². The summed E-state index contributed by atoms with van der Waals surface area (Å²) in [7, 11) is -3.75. The van der Waals surface area contributed by atoms with Crippen molar-refractivity contribution >= 4 is 27.6 Å². The van der Waals surface area contributed by atoms with Crippen molar-refractivity contribution in [1.29, 1.82) is 0 Å². The molecule has 0 aliphatic heterocycles. The fourth-order valence-electron chi connectivity index (χ4n) is 2.73. The fourth-order valence-corrected chi connectivity index (χ4v) is 3.75. The second kappa shape index (κ2) is 10.1. The van der Waals surface area contributed by atoms with Gasteiger partial charge in [0.1, 0.15) is 6.04 Å². The number of ketones is 1. The lowest BCUT2D eigenvalue weighted by Crippen LogP contribution is -2.50. The number of hydrogen-bond donors (Lipinski definition) is 3. The van der Waals surface area contributed by atoms with E-state index in [9.17, 15) is 22.8 Å². The molecule has 1 unspecified atom stereocenters. The van der Waals surface area contributed by atoms with E-state index in [4.69, 9.17) is 0 Å². The molecule has 0 aliphatic rings. The Bertz CT molecular complexity index is 1090. The summed E-state index contributed by atoms with van der Waals surface area (Å²) in [5, 5.41) is 5.44. The van der Waals surface area contributed by atoms with E-state index >= 15 is 0 Å². The first kappa shape index (κ1) is 25.2. The molecule has 1 atom stereocenters. The van der Waals surface area contributed by atoms with Crippen molar-refractivity contribution in [3.8, 4) is 0 Å². The van der Waals surface area contributed by atoms with E-state index in [-0.39, 0.29) is 23.1 Å². The molecule has 0 fully saturated rings. The second-order valence-corrected chi connectivity index (χ2v) is 10.3. The molecule has 2 aromatic carbocycles. The number of benzene rings is 2. The van der Waals surface area contributed by atoms with Gasteiger partial charge in [-0.1, -0.05) is 24.3 Å². The molecular weight excluding hydrogens is 430 g/mol. The molecule has 0 saturated carbocycles. The van der Waals surface area contributed by atoms with Crippen LogP contribution in [0.1, 0.15) is 60.9 Å². The maximum Gasteiger partial charge on any atom is 0.251 e. The average Bonchev–Trinajstić information content (AvgIpc) is 2.71. The van der Waals surface area contributed by atoms with Crippen molar-refractivity contribution < 1.29 is 22.8 Å². The average molecular weight is 460 g/mol. The molecule has 0 spiro atoms. The second-order valence-electron chi connectivity index (χ2n) is 8.54. The summed E-state index contributed by atoms with van der Waals surface area (Å²) in [6.45, 7) is 8.61. The van der Waals surface area contributed by atoms with Gasteiger partial charge in [0.2, 0.25) is 15.9 Å². The van der Waals surface area contributed by atoms with E-state index in [1.807, 2.05) is 20.8 Å². The Morgan fingerprint density at radius 2 is 1.44 bits per heavy atom. The van der Waals surface area contributed by atoms with Crippen LogP contribution in [0.25, 0.3) is 0 Å². The van der Waals surface area contributed by atoms with Gasteiger partial charge in [0, 0.05) is 23.2 Å². The number of carbonyl (C=O) groups is 3. The van der Waals surface area contributed by atoms with Crippen molar-refractivity contribution in [3.05, 3.63) is 65.2 Å². The molecular formula is C23H29N3O5S. The Morgan fingerprint density at radius 1 is 0.906 bits per heavy atom. The summed E-state index contributed by atoms with van der Waals surface area (Å²) in [4.78, 5) is 35.9. The largest absolute Gasteiger partial charge is 0.350 e. The molecule has 0 radical (unpaired) electrons. The minimum Gasteiger partial charge on any atom is -0.350 e. The minimum absolute atomic E-state index is 0.0308. The maximum atomic E-state index is 12.4. The van der Waals surface area contributed by atoms with E-state index in [1.165, 1.54) is 31.2 Å². The van der Waals surface area contributed by atoms with Crippen molar-refractivity contribution in [2.24, 2.45) is 0 Å². The van der Waals surface area contributed by atoms with Crippen LogP contribution in [0.3, 0.4) is 0 Å². The number of carbonyl (C=O) groups excluding carboxylic acids is 3. The van der Waals surface area contributed by atoms with Crippen LogP contribution < -0.4 is 15.4 Å². The summed E-state index contributed by atoms with van der Waals surface area (Å²) >= 11 is 0. The molecule has 9 heteroatoms. The van der Waals surface area contributed by atoms with Gasteiger partial charge >= 0.3 is 0 Å². The van der Waals surface area contributed by atoms with Gasteiger partial charge in [-0.25, -0.2) is 13.1 Å². The third kappa shape index (κ3) is 7.28. The zero-order valence-corrected chi connectivity index (χ0v) is 19.7. The van der Waals surface area contributed by atoms with Crippen LogP contribution in [0.5, 0.6) is 0 Å². The van der Waals surface area contributed by atoms with E-state index in [0.717, 1.165) is 0 Å². The van der Waals surface area contributed by atoms with Crippen molar-refractivity contribution in [2.45, 2.75) is 57.6 Å². The zero-order valence-electron chi connectivity index (χ0n) is 18.9. The molecule has 0 aromatic heterocycles. The van der Waals surface area contributed by atoms with Crippen LogP contribution in [0.4, 0.5) is 0 Å². The van der Waals surface area contributed by atoms with Gasteiger partial charge in [-0.15, -0.1) is 0 Å². The number of sulfonamides is 1. The summed E-state index contributed by atoms with van der Waals surface area (Å²) in [5.74, 6) is -0.831. The lowest BCUT2D eigenvalue weighted by molar-refractivity contribution is -0.124. The first-order valence-corrected chi connectivity index (χ1v) is 11.6. The van der Waals surface area contributed by atoms with Gasteiger partial charge in [-0.05, 0) is 64.4 Å². The molecule has 0 heterocycles. The van der Waals surface area contributed by atoms with Gasteiger partial charge in [-0.2, -0.15) is 0 Å². The SMILES string of the molecule is CC(=O)c1ccc(S(=O)(=O)NCc2ccc(C(=O)NC(C)C(=O)NC(C)(C)C)cc2)cc1. The fraction of sp³-hybridized carbons (Fsp3) is 0.348. The van der Waals surface area contributed by atoms with E-state index < -0.39 is 27.5 Å². The molecule has 2 aromatic rings. The Hall–Kier alpha value is -3.04. The van der Waals surface area contributed by atoms with Crippen LogP contribution in [0.15, 0.2) is 53.4 Å². The van der Waals surface area contributed by atoms with Crippen LogP contribution in [-0.2, 0) is 21.4 Å². The number of amides is 2. The lowest BCUT2D eigenvalue weighted by Gasteiger charge is -2.23. The monoisotopic (exact) mass is 459 g/mol. The highest BCUT2D eigenvalue weighted by molar-refractivity contribution is 7.89. The molecule has 0 bridgehead atoms. The van der Waals surface area contributed by atoms with Gasteiger partial charge < -0.3 is 10.6 Å². The normalized spacial score (nSPS) is 12.7. The number of rotatable bonds is 8. The van der Waals surface area contributed by atoms with Crippen molar-refractivity contribution in [3.63, 3.8) is 0 Å². The topological polar surface area (TPSA) is 121 Å². The molecule has 172 valence electrons. The van der Waals surface area contributed by atoms with E-state index in [2.05, 4.69) is 15.4 Å². The smallest absolute Gasteiger partial charge is 0.251 e. The van der Waals surface area contributed by atoms with Gasteiger partial charge in [0.15, 0.2) is 5.78 Å². The van der Waals surface area contributed by atoms with E-state index in [0.29, 0.717) is 16.7 Å². The van der Waals surface area contributed by atoms with Crippen LogP contribution in [0.2, 0.25) is 0 Å². The number of nitrogens with one attached hydrogen (secondary N) is 3. The predicted octanol–water partition coefficient (Wildman–Crippen LogP) is 2.40. The number of Topliss-reactive ketones (excluding diaryl/α,β-unsaturated/α-hetero) is 1. The summed E-state index contributed by atoms with van der Waals surface area (Å²) in [5.41, 5.74) is 1.04. The quantitative estimate of drug-likeness (QED) is 0.524. The Morgan fingerprint density at radius 3 is 1.94 bits per heavy atom. The highest BCUT2D eigenvalue weighted by Crippen LogP contribution is 2.12. The van der Waals surface area contributed by atoms with Crippen LogP contribution in [0, 0.1) is 0 Å². The molecule has 8 nitrogen and oxygen atoms in total. The Balaban J connectivity index is 1.96. The summed E-state index contributed by atoms with van der Waals surface area (Å²) in [6.07, 6.45) is 0. The first-order chi connectivity index (χ1) is 14.8. The zero-order chi connectivity index (χ0) is 24.1. The molecule has 0 aliphatic carbocycles. The molecule has 32 heavy (non-hydrogen) atoms. The highest BCUT2D eigenvalue weighted by atomic mass is 32.2. The third-order valence-electron chi connectivity index (χ3n) is 4.49. The van der Waals surface area contributed by atoms with Crippen molar-refractivity contribution in [1.82, 2.24) is 15.4 Å². The minimum atomic E-state index is -3.75. The van der Waals surface area contributed by atoms with Gasteiger partial charge in [0.05, 0.1) is 4.90 Å². The predicted molar refractivity (Wildman–Crippen MR) is 122 cm³/mol. The first-order valence-electron chi connectivity index (χ1n) is 10.1. The van der Waals surface area contributed by atoms with Gasteiger partial charge in [-0.3, -0.25) is 14.4 Å². The van der Waals surface area contributed by atoms with E-state index in [1.54, 1.807) is 31.2 Å². The molecule has 0 saturated heterocycles. The lowest BCUT2D eigenvalue weighted by atomic mass is 10.1. The van der Waals surface area contributed by atoms with Crippen LogP contribution >= 0.6 is 0 Å². The summed E-state index contributed by atoms with van der Waals surface area (Å²) in [6, 6.07) is 11.4. The van der Waals surface area contributed by atoms with Crippen molar-refractivity contribution in [2.75, 3.05) is 0 Å².